The standard InChI is InChI=1S/C25H30N4O4S2/c1-7-32-23(30)19-15(4)21(24(31)33-8-2)35-22(19)27-25(34)26-20-16(5)28-29(17(20)6)13-18-12-10-9-11-14(18)3/h9-12H,7-8,13H2,1-6H3,(H2,26,27,34). The number of benzene rings is 1. The molecule has 0 radical (unpaired) electrons. The molecule has 0 atom stereocenters. The van der Waals surface area contributed by atoms with Crippen molar-refractivity contribution in [3.05, 3.63) is 62.8 Å². The van der Waals surface area contributed by atoms with Gasteiger partial charge in [-0.2, -0.15) is 5.10 Å². The van der Waals surface area contributed by atoms with E-state index in [1.54, 1.807) is 20.8 Å². The van der Waals surface area contributed by atoms with Crippen LogP contribution in [0.4, 0.5) is 10.7 Å². The summed E-state index contributed by atoms with van der Waals surface area (Å²) in [5.74, 6) is -1.02. The maximum absolute atomic E-state index is 12.6. The van der Waals surface area contributed by atoms with Gasteiger partial charge < -0.3 is 20.1 Å². The monoisotopic (exact) mass is 514 g/mol. The largest absolute Gasteiger partial charge is 0.462 e. The Kier molecular flexibility index (Phi) is 8.63. The number of thiophene rings is 1. The molecule has 8 nitrogen and oxygen atoms in total. The maximum atomic E-state index is 12.6. The Morgan fingerprint density at radius 1 is 1.03 bits per heavy atom. The maximum Gasteiger partial charge on any atom is 0.348 e. The van der Waals surface area contributed by atoms with Crippen molar-refractivity contribution in [3.63, 3.8) is 0 Å². The smallest absolute Gasteiger partial charge is 0.348 e. The van der Waals surface area contributed by atoms with Crippen molar-refractivity contribution in [3.8, 4) is 0 Å². The molecule has 0 unspecified atom stereocenters. The van der Waals surface area contributed by atoms with Gasteiger partial charge in [-0.05, 0) is 70.5 Å². The van der Waals surface area contributed by atoms with Gasteiger partial charge in [-0.3, -0.25) is 4.68 Å². The van der Waals surface area contributed by atoms with E-state index in [-0.39, 0.29) is 23.9 Å². The Hall–Kier alpha value is -3.24. The third kappa shape index (κ3) is 5.88. The summed E-state index contributed by atoms with van der Waals surface area (Å²) in [5.41, 5.74) is 5.65. The minimum absolute atomic E-state index is 0.212. The zero-order valence-electron chi connectivity index (χ0n) is 20.8. The van der Waals surface area contributed by atoms with E-state index in [0.717, 1.165) is 28.4 Å². The van der Waals surface area contributed by atoms with Crippen LogP contribution in [-0.4, -0.2) is 40.0 Å². The minimum atomic E-state index is -0.527. The van der Waals surface area contributed by atoms with Crippen LogP contribution in [0, 0.1) is 27.7 Å². The molecule has 0 saturated carbocycles. The molecule has 0 bridgehead atoms. The van der Waals surface area contributed by atoms with Crippen LogP contribution in [0.3, 0.4) is 0 Å². The Morgan fingerprint density at radius 2 is 1.69 bits per heavy atom. The number of carbonyl (C=O) groups is 2. The molecule has 2 aromatic heterocycles. The van der Waals surface area contributed by atoms with Gasteiger partial charge in [0.05, 0.1) is 42.4 Å². The van der Waals surface area contributed by atoms with Crippen molar-refractivity contribution < 1.29 is 19.1 Å². The average molecular weight is 515 g/mol. The lowest BCUT2D eigenvalue weighted by molar-refractivity contribution is 0.0527. The van der Waals surface area contributed by atoms with E-state index >= 15 is 0 Å². The van der Waals surface area contributed by atoms with Crippen LogP contribution in [0.5, 0.6) is 0 Å². The van der Waals surface area contributed by atoms with Gasteiger partial charge in [0.1, 0.15) is 9.88 Å². The number of hydrogen-bond donors (Lipinski definition) is 2. The van der Waals surface area contributed by atoms with Crippen LogP contribution in [0.2, 0.25) is 0 Å². The van der Waals surface area contributed by atoms with Gasteiger partial charge in [-0.15, -0.1) is 11.3 Å². The highest BCUT2D eigenvalue weighted by atomic mass is 32.1. The number of aryl methyl sites for hydroxylation is 2. The Morgan fingerprint density at radius 3 is 2.34 bits per heavy atom. The van der Waals surface area contributed by atoms with E-state index in [1.165, 1.54) is 11.1 Å². The predicted octanol–water partition coefficient (Wildman–Crippen LogP) is 5.39. The van der Waals surface area contributed by atoms with Crippen molar-refractivity contribution in [2.45, 2.75) is 48.1 Å². The highest BCUT2D eigenvalue weighted by molar-refractivity contribution is 7.80. The molecule has 0 aliphatic carbocycles. The number of anilines is 2. The van der Waals surface area contributed by atoms with Crippen LogP contribution < -0.4 is 10.6 Å². The number of nitrogens with zero attached hydrogens (tertiary/aromatic N) is 2. The normalized spacial score (nSPS) is 10.7. The zero-order chi connectivity index (χ0) is 25.7. The fourth-order valence-electron chi connectivity index (χ4n) is 3.67. The zero-order valence-corrected chi connectivity index (χ0v) is 22.4. The van der Waals surface area contributed by atoms with Crippen molar-refractivity contribution in [2.24, 2.45) is 0 Å². The molecule has 2 heterocycles. The molecule has 10 heteroatoms. The number of carbonyl (C=O) groups excluding carboxylic acids is 2. The first-order valence-electron chi connectivity index (χ1n) is 11.3. The average Bonchev–Trinajstić information content (AvgIpc) is 3.26. The van der Waals surface area contributed by atoms with Gasteiger partial charge in [-0.25, -0.2) is 9.59 Å². The summed E-state index contributed by atoms with van der Waals surface area (Å²) in [6.45, 7) is 12.2. The molecule has 0 aliphatic heterocycles. The molecule has 3 rings (SSSR count). The molecular weight excluding hydrogens is 484 g/mol. The number of rotatable bonds is 8. The molecule has 0 amide bonds. The number of hydrogen-bond acceptors (Lipinski definition) is 7. The van der Waals surface area contributed by atoms with Gasteiger partial charge in [-0.1, -0.05) is 24.3 Å². The predicted molar refractivity (Wildman–Crippen MR) is 143 cm³/mol. The van der Waals surface area contributed by atoms with Crippen molar-refractivity contribution in [2.75, 3.05) is 23.8 Å². The van der Waals surface area contributed by atoms with E-state index in [1.807, 2.05) is 30.7 Å². The molecule has 1 aromatic carbocycles. The van der Waals surface area contributed by atoms with Crippen LogP contribution >= 0.6 is 23.6 Å². The first kappa shape index (κ1) is 26.4. The second-order valence-electron chi connectivity index (χ2n) is 7.91. The van der Waals surface area contributed by atoms with Crippen molar-refractivity contribution >= 4 is 51.3 Å². The molecule has 3 aromatic rings. The summed E-state index contributed by atoms with van der Waals surface area (Å²) in [4.78, 5) is 25.4. The Bertz CT molecular complexity index is 1260. The third-order valence-corrected chi connectivity index (χ3v) is 6.91. The van der Waals surface area contributed by atoms with Crippen LogP contribution in [0.1, 0.15) is 62.0 Å². The third-order valence-electron chi connectivity index (χ3n) is 5.52. The van der Waals surface area contributed by atoms with E-state index in [0.29, 0.717) is 22.0 Å². The highest BCUT2D eigenvalue weighted by Gasteiger charge is 2.27. The number of nitrogens with one attached hydrogen (secondary N) is 2. The highest BCUT2D eigenvalue weighted by Crippen LogP contribution is 2.34. The van der Waals surface area contributed by atoms with E-state index < -0.39 is 11.9 Å². The molecule has 0 fully saturated rings. The second kappa shape index (κ2) is 11.5. The molecule has 0 aliphatic rings. The first-order valence-corrected chi connectivity index (χ1v) is 12.5. The quantitative estimate of drug-likeness (QED) is 0.305. The number of aromatic nitrogens is 2. The van der Waals surface area contributed by atoms with E-state index in [4.69, 9.17) is 21.7 Å². The SMILES string of the molecule is CCOC(=O)c1sc(NC(=S)Nc2c(C)nn(Cc3ccccc3C)c2C)c(C(=O)OCC)c1C. The van der Waals surface area contributed by atoms with Crippen LogP contribution in [0.25, 0.3) is 0 Å². The number of ether oxygens (including phenoxy) is 2. The summed E-state index contributed by atoms with van der Waals surface area (Å²) < 4.78 is 12.3. The lowest BCUT2D eigenvalue weighted by Crippen LogP contribution is -2.21. The van der Waals surface area contributed by atoms with Gasteiger partial charge >= 0.3 is 11.9 Å². The van der Waals surface area contributed by atoms with Gasteiger partial charge in [0.15, 0.2) is 5.11 Å². The van der Waals surface area contributed by atoms with E-state index in [2.05, 4.69) is 34.8 Å². The van der Waals surface area contributed by atoms with Gasteiger partial charge in [0.2, 0.25) is 0 Å². The fraction of sp³-hybridized carbons (Fsp3) is 0.360. The summed E-state index contributed by atoms with van der Waals surface area (Å²) >= 11 is 6.67. The topological polar surface area (TPSA) is 94.5 Å². The Labute approximate surface area is 214 Å². The molecular formula is C25H30N4O4S2. The van der Waals surface area contributed by atoms with Crippen LogP contribution in [-0.2, 0) is 16.0 Å². The number of esters is 2. The molecule has 2 N–H and O–H groups in total. The van der Waals surface area contributed by atoms with Crippen LogP contribution in [0.15, 0.2) is 24.3 Å². The van der Waals surface area contributed by atoms with Crippen molar-refractivity contribution in [1.82, 2.24) is 9.78 Å². The second-order valence-corrected chi connectivity index (χ2v) is 9.34. The van der Waals surface area contributed by atoms with Crippen molar-refractivity contribution in [1.29, 1.82) is 0 Å². The molecule has 186 valence electrons. The van der Waals surface area contributed by atoms with Gasteiger partial charge in [0.25, 0.3) is 0 Å². The fourth-order valence-corrected chi connectivity index (χ4v) is 5.03. The number of thiocarbonyl (C=S) groups is 1. The Balaban J connectivity index is 1.85. The summed E-state index contributed by atoms with van der Waals surface area (Å²) in [6.07, 6.45) is 0. The van der Waals surface area contributed by atoms with Gasteiger partial charge in [0, 0.05) is 0 Å². The first-order chi connectivity index (χ1) is 16.7. The summed E-state index contributed by atoms with van der Waals surface area (Å²) in [6, 6.07) is 8.19. The molecule has 35 heavy (non-hydrogen) atoms. The minimum Gasteiger partial charge on any atom is -0.462 e. The summed E-state index contributed by atoms with van der Waals surface area (Å²) in [7, 11) is 0. The summed E-state index contributed by atoms with van der Waals surface area (Å²) in [5, 5.41) is 11.6. The lowest BCUT2D eigenvalue weighted by atomic mass is 10.1. The lowest BCUT2D eigenvalue weighted by Gasteiger charge is -2.12. The van der Waals surface area contributed by atoms with E-state index in [9.17, 15) is 9.59 Å². The molecule has 0 spiro atoms. The molecule has 0 saturated heterocycles.